The van der Waals surface area contributed by atoms with Crippen molar-refractivity contribution in [1.29, 1.82) is 0 Å². The van der Waals surface area contributed by atoms with Crippen LogP contribution >= 0.6 is 0 Å². The molecular weight excluding hydrogens is 596 g/mol. The average molecular weight is 633 g/mol. The van der Waals surface area contributed by atoms with Crippen molar-refractivity contribution >= 4 is 23.7 Å². The highest BCUT2D eigenvalue weighted by Gasteiger charge is 2.19. The van der Waals surface area contributed by atoms with Crippen molar-refractivity contribution < 1.29 is 18.7 Å². The van der Waals surface area contributed by atoms with Crippen LogP contribution in [0.25, 0.3) is 12.2 Å². The van der Waals surface area contributed by atoms with E-state index in [1.54, 1.807) is 63.8 Å². The van der Waals surface area contributed by atoms with Crippen molar-refractivity contribution in [3.8, 4) is 11.5 Å². The smallest absolute Gasteiger partial charge is 0.274 e. The van der Waals surface area contributed by atoms with E-state index in [1.165, 1.54) is 33.8 Å². The number of aromatic amines is 1. The number of amides is 1. The van der Waals surface area contributed by atoms with Crippen LogP contribution in [-0.2, 0) is 26.4 Å². The molecule has 0 bridgehead atoms. The van der Waals surface area contributed by atoms with Gasteiger partial charge in [-0.1, -0.05) is 24.3 Å². The number of benzene rings is 3. The van der Waals surface area contributed by atoms with E-state index >= 15 is 0 Å². The van der Waals surface area contributed by atoms with Crippen molar-refractivity contribution in [3.63, 3.8) is 0 Å². The Bertz CT molecular complexity index is 2130. The Hall–Kier alpha value is -5.61. The predicted molar refractivity (Wildman–Crippen MR) is 180 cm³/mol. The van der Waals surface area contributed by atoms with Crippen molar-refractivity contribution in [2.75, 3.05) is 32.6 Å². The quantitative estimate of drug-likeness (QED) is 0.256. The summed E-state index contributed by atoms with van der Waals surface area (Å²) in [6.45, 7) is 2.78. The highest BCUT2D eigenvalue weighted by molar-refractivity contribution is 6.04. The summed E-state index contributed by atoms with van der Waals surface area (Å²) in [6.07, 6.45) is 8.02. The molecule has 5 aromatic rings. The number of hydrogen-bond acceptors (Lipinski definition) is 7. The molecule has 2 aromatic heterocycles. The van der Waals surface area contributed by atoms with Gasteiger partial charge < -0.3 is 28.8 Å². The minimum Gasteiger partial charge on any atom is -0.493 e. The van der Waals surface area contributed by atoms with Crippen LogP contribution in [0.5, 0.6) is 11.5 Å². The lowest BCUT2D eigenvalue weighted by molar-refractivity contribution is 0.102. The number of methoxy groups -OCH3 is 2. The van der Waals surface area contributed by atoms with Gasteiger partial charge in [0, 0.05) is 43.5 Å². The van der Waals surface area contributed by atoms with E-state index in [9.17, 15) is 14.4 Å². The van der Waals surface area contributed by atoms with Gasteiger partial charge in [0.1, 0.15) is 10.7 Å². The number of carbonyl (C=O) groups is 1. The zero-order valence-electron chi connectivity index (χ0n) is 26.5. The second-order valence-electron chi connectivity index (χ2n) is 11.5. The fourth-order valence-electron chi connectivity index (χ4n) is 5.73. The number of nitrogens with zero attached hydrogens (tertiary/aromatic N) is 2. The summed E-state index contributed by atoms with van der Waals surface area (Å²) in [5.41, 5.74) is 5.53. The number of rotatable bonds is 9. The van der Waals surface area contributed by atoms with Gasteiger partial charge in [0.2, 0.25) is 0 Å². The Balaban J connectivity index is 1.06. The second-order valence-corrected chi connectivity index (χ2v) is 11.5. The Morgan fingerprint density at radius 2 is 1.66 bits per heavy atom. The van der Waals surface area contributed by atoms with Crippen LogP contribution < -0.4 is 36.6 Å². The summed E-state index contributed by atoms with van der Waals surface area (Å²) < 4.78 is 17.3. The molecule has 0 spiro atoms. The highest BCUT2D eigenvalue weighted by atomic mass is 16.5. The number of nitrogens with one attached hydrogen (secondary N) is 2. The Morgan fingerprint density at radius 1 is 0.936 bits per heavy atom. The molecule has 1 aliphatic rings. The van der Waals surface area contributed by atoms with Crippen LogP contribution in [0.3, 0.4) is 0 Å². The SMILES string of the molecule is COc1cc2c(cc1OC)CN(CCc1ccc(NC(=O)c3ccc(/C=c4\[nH]c(=O)/c(=C/c5ccoc5)n(C)c4=O)cc3)cc1)CC2. The summed E-state index contributed by atoms with van der Waals surface area (Å²) in [5.74, 6) is 1.28. The number of furan rings is 1. The number of anilines is 1. The maximum absolute atomic E-state index is 12.9. The lowest BCUT2D eigenvalue weighted by atomic mass is 9.98. The first-order valence-corrected chi connectivity index (χ1v) is 15.3. The average Bonchev–Trinajstić information content (AvgIpc) is 3.61. The molecule has 0 atom stereocenters. The summed E-state index contributed by atoms with van der Waals surface area (Å²) in [6, 6.07) is 20.6. The lowest BCUT2D eigenvalue weighted by Gasteiger charge is -2.29. The molecule has 1 aliphatic heterocycles. The van der Waals surface area contributed by atoms with Crippen LogP contribution in [0.15, 0.2) is 93.3 Å². The zero-order valence-corrected chi connectivity index (χ0v) is 26.5. The largest absolute Gasteiger partial charge is 0.493 e. The van der Waals surface area contributed by atoms with E-state index < -0.39 is 5.56 Å². The van der Waals surface area contributed by atoms with E-state index in [2.05, 4.69) is 27.3 Å². The van der Waals surface area contributed by atoms with Crippen molar-refractivity contribution in [1.82, 2.24) is 14.5 Å². The first-order valence-electron chi connectivity index (χ1n) is 15.3. The number of H-pyrrole nitrogens is 1. The van der Waals surface area contributed by atoms with Crippen molar-refractivity contribution in [3.05, 3.63) is 144 Å². The van der Waals surface area contributed by atoms with E-state index in [0.29, 0.717) is 22.4 Å². The summed E-state index contributed by atoms with van der Waals surface area (Å²) in [5, 5.41) is 3.30. The molecular formula is C37H36N4O6. The topological polar surface area (TPSA) is 119 Å². The minimum absolute atomic E-state index is 0.144. The molecule has 0 aliphatic carbocycles. The van der Waals surface area contributed by atoms with E-state index in [0.717, 1.165) is 44.0 Å². The number of fused-ring (bicyclic) bond motifs is 1. The monoisotopic (exact) mass is 632 g/mol. The molecule has 3 aromatic carbocycles. The third-order valence-electron chi connectivity index (χ3n) is 8.43. The van der Waals surface area contributed by atoms with E-state index in [4.69, 9.17) is 13.9 Å². The van der Waals surface area contributed by atoms with Crippen LogP contribution in [0.4, 0.5) is 5.69 Å². The van der Waals surface area contributed by atoms with Gasteiger partial charge in [-0.2, -0.15) is 0 Å². The molecule has 1 amide bonds. The minimum atomic E-state index is -0.402. The molecule has 10 heteroatoms. The maximum atomic E-state index is 12.9. The molecule has 0 saturated heterocycles. The summed E-state index contributed by atoms with van der Waals surface area (Å²) in [7, 11) is 4.87. The first kappa shape index (κ1) is 31.4. The maximum Gasteiger partial charge on any atom is 0.274 e. The van der Waals surface area contributed by atoms with Crippen LogP contribution in [0.2, 0.25) is 0 Å². The number of ether oxygens (including phenoxy) is 2. The van der Waals surface area contributed by atoms with Crippen LogP contribution in [0.1, 0.15) is 38.2 Å². The number of hydrogen-bond donors (Lipinski definition) is 2. The molecule has 0 fully saturated rings. The Labute approximate surface area is 271 Å². The normalized spacial score (nSPS) is 13.8. The summed E-state index contributed by atoms with van der Waals surface area (Å²) >= 11 is 0. The molecule has 0 radical (unpaired) electrons. The van der Waals surface area contributed by atoms with Gasteiger partial charge in [-0.25, -0.2) is 0 Å². The second kappa shape index (κ2) is 13.8. The highest BCUT2D eigenvalue weighted by Crippen LogP contribution is 2.33. The molecule has 0 saturated carbocycles. The molecule has 240 valence electrons. The van der Waals surface area contributed by atoms with Gasteiger partial charge >= 0.3 is 0 Å². The van der Waals surface area contributed by atoms with Crippen molar-refractivity contribution in [2.24, 2.45) is 7.05 Å². The first-order chi connectivity index (χ1) is 22.8. The number of carbonyl (C=O) groups excluding carboxylic acids is 1. The standard InChI is InChI=1S/C37H36N4O6/c1-40-32(19-26-14-17-47-23-26)36(43)39-31(37(40)44)18-25-4-8-27(9-5-25)35(42)38-30-10-6-24(7-11-30)12-15-41-16-13-28-20-33(45-2)34(46-3)21-29(28)22-41/h4-11,14,17-21,23H,12-13,15-16,22H2,1-3H3,(H,38,42)(H,39,43)/b31-18-,32-19-. The Morgan fingerprint density at radius 3 is 2.34 bits per heavy atom. The van der Waals surface area contributed by atoms with Gasteiger partial charge in [0.15, 0.2) is 11.5 Å². The van der Waals surface area contributed by atoms with Gasteiger partial charge in [0.25, 0.3) is 17.0 Å². The molecule has 3 heterocycles. The third-order valence-corrected chi connectivity index (χ3v) is 8.43. The fraction of sp³-hybridized carbons (Fsp3) is 0.216. The fourth-order valence-corrected chi connectivity index (χ4v) is 5.73. The van der Waals surface area contributed by atoms with E-state index in [-0.39, 0.29) is 22.2 Å². The van der Waals surface area contributed by atoms with Crippen LogP contribution in [0, 0.1) is 0 Å². The van der Waals surface area contributed by atoms with Gasteiger partial charge in [-0.3, -0.25) is 19.3 Å². The molecule has 6 rings (SSSR count). The zero-order chi connectivity index (χ0) is 32.9. The van der Waals surface area contributed by atoms with Crippen molar-refractivity contribution in [2.45, 2.75) is 19.4 Å². The van der Waals surface area contributed by atoms with Gasteiger partial charge in [0.05, 0.1) is 26.7 Å². The third kappa shape index (κ3) is 7.13. The predicted octanol–water partition coefficient (Wildman–Crippen LogP) is 3.19. The van der Waals surface area contributed by atoms with Gasteiger partial charge in [-0.05, 0) is 89.7 Å². The Kier molecular flexibility index (Phi) is 9.21. The molecule has 47 heavy (non-hydrogen) atoms. The molecule has 10 nitrogen and oxygen atoms in total. The van der Waals surface area contributed by atoms with Gasteiger partial charge in [-0.15, -0.1) is 0 Å². The molecule has 0 unspecified atom stereocenters. The molecule has 2 N–H and O–H groups in total. The number of aromatic nitrogens is 2. The summed E-state index contributed by atoms with van der Waals surface area (Å²) in [4.78, 5) is 43.7. The lowest BCUT2D eigenvalue weighted by Crippen LogP contribution is -2.52. The van der Waals surface area contributed by atoms with E-state index in [1.807, 2.05) is 24.3 Å². The van der Waals surface area contributed by atoms with Crippen LogP contribution in [-0.4, -0.2) is 47.7 Å².